The summed E-state index contributed by atoms with van der Waals surface area (Å²) in [5.74, 6) is 0.705. The van der Waals surface area contributed by atoms with Crippen LogP contribution in [0.4, 0.5) is 0 Å². The summed E-state index contributed by atoms with van der Waals surface area (Å²) in [5.41, 5.74) is 2.79. The Balaban J connectivity index is 1.58. The van der Waals surface area contributed by atoms with Gasteiger partial charge < -0.3 is 9.47 Å². The van der Waals surface area contributed by atoms with E-state index in [1.165, 1.54) is 16.7 Å². The summed E-state index contributed by atoms with van der Waals surface area (Å²) in [6, 6.07) is 0. The van der Waals surface area contributed by atoms with Gasteiger partial charge in [0.2, 0.25) is 0 Å². The van der Waals surface area contributed by atoms with E-state index in [4.69, 9.17) is 9.47 Å². The van der Waals surface area contributed by atoms with Gasteiger partial charge in [0.25, 0.3) is 0 Å². The van der Waals surface area contributed by atoms with Crippen molar-refractivity contribution in [3.63, 3.8) is 0 Å². The molecule has 6 aliphatic carbocycles. The molecule has 3 spiro atoms. The largest absolute Gasteiger partial charge is 0.361 e. The maximum Gasteiger partial charge on any atom is 0.190 e. The highest BCUT2D eigenvalue weighted by Gasteiger charge is 2.83. The number of epoxide rings is 2. The fraction of sp³-hybridized carbons (Fsp3) is 0.700. The zero-order valence-corrected chi connectivity index (χ0v) is 13.6. The van der Waals surface area contributed by atoms with Gasteiger partial charge in [0.15, 0.2) is 22.8 Å². The van der Waals surface area contributed by atoms with Crippen LogP contribution < -0.4 is 0 Å². The maximum atomic E-state index is 13.5. The highest BCUT2D eigenvalue weighted by Crippen LogP contribution is 2.76. The Morgan fingerprint density at radius 1 is 0.958 bits per heavy atom. The van der Waals surface area contributed by atoms with Crippen LogP contribution >= 0.6 is 0 Å². The second-order valence-corrected chi connectivity index (χ2v) is 8.94. The Kier molecular flexibility index (Phi) is 1.89. The minimum atomic E-state index is -0.641. The van der Waals surface area contributed by atoms with E-state index in [9.17, 15) is 9.59 Å². The predicted molar refractivity (Wildman–Crippen MR) is 83.1 cm³/mol. The Morgan fingerprint density at radius 3 is 2.46 bits per heavy atom. The molecule has 8 rings (SSSR count). The summed E-state index contributed by atoms with van der Waals surface area (Å²) in [7, 11) is 0. The fourth-order valence-corrected chi connectivity index (χ4v) is 7.58. The van der Waals surface area contributed by atoms with Crippen molar-refractivity contribution in [1.82, 2.24) is 0 Å². The lowest BCUT2D eigenvalue weighted by atomic mass is 9.40. The van der Waals surface area contributed by atoms with Gasteiger partial charge in [-0.3, -0.25) is 9.59 Å². The van der Waals surface area contributed by atoms with Crippen LogP contribution in [0.5, 0.6) is 0 Å². The number of rotatable bonds is 0. The fourth-order valence-electron chi connectivity index (χ4n) is 7.58. The van der Waals surface area contributed by atoms with Crippen LogP contribution in [-0.2, 0) is 19.1 Å². The first-order valence-corrected chi connectivity index (χ1v) is 9.45. The molecule has 2 aliphatic heterocycles. The van der Waals surface area contributed by atoms with Crippen LogP contribution in [0.3, 0.4) is 0 Å². The van der Waals surface area contributed by atoms with Crippen LogP contribution in [0.1, 0.15) is 38.5 Å². The first-order valence-electron chi connectivity index (χ1n) is 9.45. The highest BCUT2D eigenvalue weighted by atomic mass is 16.6. The van der Waals surface area contributed by atoms with Crippen molar-refractivity contribution < 1.29 is 19.1 Å². The number of allylic oxidation sites excluding steroid dienone is 2. The molecule has 24 heavy (non-hydrogen) atoms. The molecule has 0 aromatic rings. The van der Waals surface area contributed by atoms with Crippen molar-refractivity contribution in [2.24, 2.45) is 23.2 Å². The van der Waals surface area contributed by atoms with Gasteiger partial charge in [0.1, 0.15) is 0 Å². The molecule has 2 heterocycles. The quantitative estimate of drug-likeness (QED) is 0.506. The van der Waals surface area contributed by atoms with E-state index in [1.54, 1.807) is 0 Å². The zero-order valence-electron chi connectivity index (χ0n) is 13.6. The van der Waals surface area contributed by atoms with Crippen molar-refractivity contribution >= 4 is 11.6 Å². The smallest absolute Gasteiger partial charge is 0.190 e. The molecule has 4 nitrogen and oxygen atoms in total. The summed E-state index contributed by atoms with van der Waals surface area (Å²) in [5, 5.41) is 0. The topological polar surface area (TPSA) is 59.2 Å². The van der Waals surface area contributed by atoms with Crippen molar-refractivity contribution in [3.05, 3.63) is 22.8 Å². The molecule has 0 aromatic carbocycles. The Morgan fingerprint density at radius 2 is 1.71 bits per heavy atom. The van der Waals surface area contributed by atoms with E-state index in [0.29, 0.717) is 19.0 Å². The van der Waals surface area contributed by atoms with Gasteiger partial charge in [-0.25, -0.2) is 0 Å². The van der Waals surface area contributed by atoms with E-state index < -0.39 is 11.2 Å². The average Bonchev–Trinajstić information content (AvgIpc) is 3.44. The summed E-state index contributed by atoms with van der Waals surface area (Å²) in [6.45, 7) is 1.10. The van der Waals surface area contributed by atoms with E-state index in [-0.39, 0.29) is 29.0 Å². The van der Waals surface area contributed by atoms with E-state index in [0.717, 1.165) is 38.5 Å². The summed E-state index contributed by atoms with van der Waals surface area (Å²) < 4.78 is 11.8. The summed E-state index contributed by atoms with van der Waals surface area (Å²) in [4.78, 5) is 26.4. The highest BCUT2D eigenvalue weighted by molar-refractivity contribution is 6.05. The van der Waals surface area contributed by atoms with E-state index in [1.807, 2.05) is 6.08 Å². The third-order valence-corrected chi connectivity index (χ3v) is 8.38. The Bertz CT molecular complexity index is 809. The molecule has 0 aromatic heterocycles. The number of carbonyl (C=O) groups excluding carboxylic acids is 2. The van der Waals surface area contributed by atoms with Gasteiger partial charge in [-0.15, -0.1) is 0 Å². The van der Waals surface area contributed by atoms with Gasteiger partial charge in [0, 0.05) is 17.3 Å². The lowest BCUT2D eigenvalue weighted by Gasteiger charge is -2.60. The van der Waals surface area contributed by atoms with Crippen molar-refractivity contribution in [2.75, 3.05) is 13.2 Å². The van der Waals surface area contributed by atoms with Gasteiger partial charge in [0.05, 0.1) is 19.1 Å². The molecule has 6 atom stereocenters. The van der Waals surface area contributed by atoms with Crippen molar-refractivity contribution in [3.8, 4) is 0 Å². The number of ether oxygens (including phenoxy) is 2. The normalized spacial score (nSPS) is 55.8. The molecule has 0 amide bonds. The van der Waals surface area contributed by atoms with Gasteiger partial charge >= 0.3 is 0 Å². The molecule has 124 valence electrons. The molecular formula is C20H20O4. The van der Waals surface area contributed by atoms with Crippen LogP contribution in [-0.4, -0.2) is 36.0 Å². The molecule has 2 saturated carbocycles. The van der Waals surface area contributed by atoms with Crippen LogP contribution in [0.2, 0.25) is 0 Å². The van der Waals surface area contributed by atoms with Gasteiger partial charge in [-0.2, -0.15) is 0 Å². The van der Waals surface area contributed by atoms with E-state index in [2.05, 4.69) is 0 Å². The van der Waals surface area contributed by atoms with Gasteiger partial charge in [-0.05, 0) is 44.6 Å². The van der Waals surface area contributed by atoms with E-state index >= 15 is 0 Å². The lowest BCUT2D eigenvalue weighted by molar-refractivity contribution is -0.153. The number of carbonyl (C=O) groups is 2. The first kappa shape index (κ1) is 13.0. The van der Waals surface area contributed by atoms with Crippen LogP contribution in [0.15, 0.2) is 22.8 Å². The molecule has 2 saturated heterocycles. The minimum Gasteiger partial charge on any atom is -0.361 e. The van der Waals surface area contributed by atoms with Crippen LogP contribution in [0.25, 0.3) is 0 Å². The van der Waals surface area contributed by atoms with Gasteiger partial charge in [-0.1, -0.05) is 16.7 Å². The maximum absolute atomic E-state index is 13.5. The summed E-state index contributed by atoms with van der Waals surface area (Å²) in [6.07, 6.45) is 8.31. The molecule has 4 heteroatoms. The predicted octanol–water partition coefficient (Wildman–Crippen LogP) is 2.13. The lowest BCUT2D eigenvalue weighted by Crippen LogP contribution is -2.68. The first-order chi connectivity index (χ1) is 11.7. The third-order valence-electron chi connectivity index (χ3n) is 8.38. The SMILES string of the molecule is O=C1[C@H]2C3=C(CCC3)C(C3C24CCCC4=CC(=O)[C@]32CO2)[C@@]12CO2. The minimum absolute atomic E-state index is 0.0320. The second kappa shape index (κ2) is 3.49. The van der Waals surface area contributed by atoms with Crippen LogP contribution in [0, 0.1) is 23.2 Å². The number of hydrogen-bond donors (Lipinski definition) is 0. The van der Waals surface area contributed by atoms with Crippen molar-refractivity contribution in [1.29, 1.82) is 0 Å². The summed E-state index contributed by atoms with van der Waals surface area (Å²) >= 11 is 0. The Hall–Kier alpha value is -1.26. The second-order valence-electron chi connectivity index (χ2n) is 8.94. The molecule has 8 aliphatic rings. The van der Waals surface area contributed by atoms with Crippen molar-refractivity contribution in [2.45, 2.75) is 49.7 Å². The number of ketones is 2. The molecule has 0 N–H and O–H groups in total. The molecule has 3 unspecified atom stereocenters. The zero-order chi connectivity index (χ0) is 15.9. The number of hydrogen-bond acceptors (Lipinski definition) is 4. The average molecular weight is 324 g/mol. The molecular weight excluding hydrogens is 304 g/mol. The molecule has 4 fully saturated rings. The monoisotopic (exact) mass is 324 g/mol. The Labute approximate surface area is 140 Å². The molecule has 2 bridgehead atoms. The molecule has 0 radical (unpaired) electrons. The number of Topliss-reactive ketones (excluding diaryl/α,β-unsaturated/α-hetero) is 1. The standard InChI is InChI=1S/C20H20O4/c21-13-7-10-3-2-6-18(10)15-12-5-1-4-11(12)14(16(18)19(13)8-23-19)20(9-24-20)17(15)22/h7,14-16H,1-6,8-9H2/t14?,15-,16?,18?,19-,20+/m1/s1. The third kappa shape index (κ3) is 1.05.